The van der Waals surface area contributed by atoms with Crippen LogP contribution in [0.1, 0.15) is 18.4 Å². The lowest BCUT2D eigenvalue weighted by Gasteiger charge is -2.27. The molecule has 1 atom stereocenters. The molecule has 1 fully saturated rings. The van der Waals surface area contributed by atoms with Crippen molar-refractivity contribution in [1.82, 2.24) is 4.31 Å². The van der Waals surface area contributed by atoms with E-state index in [1.165, 1.54) is 4.31 Å². The van der Waals surface area contributed by atoms with Gasteiger partial charge >= 0.3 is 0 Å². The van der Waals surface area contributed by atoms with Gasteiger partial charge in [0.1, 0.15) is 0 Å². The molecule has 1 saturated heterocycles. The molecular formula is C14H21NO3S. The molecule has 5 heteroatoms. The number of hydrogen-bond acceptors (Lipinski definition) is 3. The summed E-state index contributed by atoms with van der Waals surface area (Å²) in [6.07, 6.45) is 2.05. The Hall–Kier alpha value is -0.910. The second-order valence-electron chi connectivity index (χ2n) is 5.13. The van der Waals surface area contributed by atoms with E-state index in [1.54, 1.807) is 19.2 Å². The minimum Gasteiger partial charge on any atom is -0.381 e. The van der Waals surface area contributed by atoms with Gasteiger partial charge in [-0.2, -0.15) is 0 Å². The molecule has 0 radical (unpaired) electrons. The van der Waals surface area contributed by atoms with Crippen LogP contribution in [0, 0.1) is 12.8 Å². The molecule has 0 spiro atoms. The summed E-state index contributed by atoms with van der Waals surface area (Å²) in [5, 5.41) is 0. The third kappa shape index (κ3) is 3.35. The molecule has 1 aliphatic rings. The predicted octanol–water partition coefficient (Wildman–Crippen LogP) is 2.04. The fourth-order valence-corrected chi connectivity index (χ4v) is 3.90. The van der Waals surface area contributed by atoms with Crippen LogP contribution < -0.4 is 0 Å². The van der Waals surface area contributed by atoms with Crippen LogP contribution in [0.25, 0.3) is 0 Å². The van der Waals surface area contributed by atoms with Crippen molar-refractivity contribution >= 4 is 10.0 Å². The summed E-state index contributed by atoms with van der Waals surface area (Å²) in [7, 11) is -1.74. The first kappa shape index (κ1) is 14.5. The molecule has 1 aliphatic heterocycles. The Morgan fingerprint density at radius 1 is 1.37 bits per heavy atom. The highest BCUT2D eigenvalue weighted by atomic mass is 32.2. The SMILES string of the molecule is Cc1ccccc1S(=O)(=O)N(C)CC1CCCOC1. The van der Waals surface area contributed by atoms with E-state index in [0.717, 1.165) is 25.0 Å². The zero-order valence-electron chi connectivity index (χ0n) is 11.5. The van der Waals surface area contributed by atoms with Crippen LogP contribution in [0.4, 0.5) is 0 Å². The van der Waals surface area contributed by atoms with Gasteiger partial charge in [-0.15, -0.1) is 0 Å². The van der Waals surface area contributed by atoms with Crippen LogP contribution in [0.5, 0.6) is 0 Å². The van der Waals surface area contributed by atoms with E-state index in [0.29, 0.717) is 24.0 Å². The Labute approximate surface area is 115 Å². The molecule has 0 aromatic heterocycles. The van der Waals surface area contributed by atoms with Gasteiger partial charge in [-0.05, 0) is 37.3 Å². The van der Waals surface area contributed by atoms with Crippen LogP contribution in [-0.4, -0.2) is 39.5 Å². The van der Waals surface area contributed by atoms with Crippen LogP contribution in [0.2, 0.25) is 0 Å². The maximum absolute atomic E-state index is 12.5. The van der Waals surface area contributed by atoms with Gasteiger partial charge < -0.3 is 4.74 Å². The Bertz CT molecular complexity index is 521. The number of rotatable bonds is 4. The fraction of sp³-hybridized carbons (Fsp3) is 0.571. The van der Waals surface area contributed by atoms with Crippen molar-refractivity contribution in [3.8, 4) is 0 Å². The second-order valence-corrected chi connectivity index (χ2v) is 7.15. The lowest BCUT2D eigenvalue weighted by molar-refractivity contribution is 0.0495. The van der Waals surface area contributed by atoms with E-state index in [9.17, 15) is 8.42 Å². The zero-order valence-corrected chi connectivity index (χ0v) is 12.3. The predicted molar refractivity (Wildman–Crippen MR) is 74.5 cm³/mol. The first-order valence-electron chi connectivity index (χ1n) is 6.61. The van der Waals surface area contributed by atoms with E-state index in [4.69, 9.17) is 4.74 Å². The molecular weight excluding hydrogens is 262 g/mol. The molecule has 0 aliphatic carbocycles. The summed E-state index contributed by atoms with van der Waals surface area (Å²) in [6.45, 7) is 3.81. The standard InChI is InChI=1S/C14H21NO3S/c1-12-6-3-4-8-14(12)19(16,17)15(2)10-13-7-5-9-18-11-13/h3-4,6,8,13H,5,7,9-11H2,1-2H3. The van der Waals surface area contributed by atoms with Crippen molar-refractivity contribution in [3.05, 3.63) is 29.8 Å². The number of nitrogens with zero attached hydrogens (tertiary/aromatic N) is 1. The second kappa shape index (κ2) is 6.03. The summed E-state index contributed by atoms with van der Waals surface area (Å²) >= 11 is 0. The van der Waals surface area contributed by atoms with Gasteiger partial charge in [0, 0.05) is 20.2 Å². The van der Waals surface area contributed by atoms with Gasteiger partial charge in [-0.3, -0.25) is 0 Å². The van der Waals surface area contributed by atoms with Gasteiger partial charge in [0.2, 0.25) is 10.0 Å². The molecule has 1 unspecified atom stereocenters. The first-order valence-corrected chi connectivity index (χ1v) is 8.05. The number of ether oxygens (including phenoxy) is 1. The monoisotopic (exact) mass is 283 g/mol. The van der Waals surface area contributed by atoms with Gasteiger partial charge in [0.05, 0.1) is 11.5 Å². The molecule has 1 aromatic carbocycles. The molecule has 1 aromatic rings. The maximum atomic E-state index is 12.5. The Kier molecular flexibility index (Phi) is 4.60. The Morgan fingerprint density at radius 3 is 2.74 bits per heavy atom. The van der Waals surface area contributed by atoms with Crippen molar-refractivity contribution in [3.63, 3.8) is 0 Å². The molecule has 4 nitrogen and oxygen atoms in total. The third-order valence-electron chi connectivity index (χ3n) is 3.55. The lowest BCUT2D eigenvalue weighted by Crippen LogP contribution is -2.35. The van der Waals surface area contributed by atoms with E-state index < -0.39 is 10.0 Å². The van der Waals surface area contributed by atoms with Crippen LogP contribution >= 0.6 is 0 Å². The highest BCUT2D eigenvalue weighted by Gasteiger charge is 2.25. The average molecular weight is 283 g/mol. The number of aryl methyl sites for hydroxylation is 1. The van der Waals surface area contributed by atoms with Gasteiger partial charge in [0.15, 0.2) is 0 Å². The summed E-state index contributed by atoms with van der Waals surface area (Å²) in [6, 6.07) is 7.10. The number of sulfonamides is 1. The summed E-state index contributed by atoms with van der Waals surface area (Å²) in [4.78, 5) is 0.397. The van der Waals surface area contributed by atoms with E-state index in [2.05, 4.69) is 0 Å². The minimum atomic E-state index is -3.39. The molecule has 0 bridgehead atoms. The normalized spacial score (nSPS) is 20.7. The smallest absolute Gasteiger partial charge is 0.243 e. The summed E-state index contributed by atoms with van der Waals surface area (Å²) in [5.74, 6) is 0.303. The highest BCUT2D eigenvalue weighted by Crippen LogP contribution is 2.21. The van der Waals surface area contributed by atoms with E-state index in [-0.39, 0.29) is 0 Å². The minimum absolute atomic E-state index is 0.303. The lowest BCUT2D eigenvalue weighted by atomic mass is 10.0. The average Bonchev–Trinajstić information content (AvgIpc) is 2.40. The van der Waals surface area contributed by atoms with Crippen LogP contribution in [0.3, 0.4) is 0 Å². The highest BCUT2D eigenvalue weighted by molar-refractivity contribution is 7.89. The quantitative estimate of drug-likeness (QED) is 0.849. The van der Waals surface area contributed by atoms with Gasteiger partial charge in [-0.1, -0.05) is 18.2 Å². The zero-order chi connectivity index (χ0) is 13.9. The van der Waals surface area contributed by atoms with E-state index >= 15 is 0 Å². The number of benzene rings is 1. The molecule has 1 heterocycles. The van der Waals surface area contributed by atoms with E-state index in [1.807, 2.05) is 19.1 Å². The van der Waals surface area contributed by atoms with Crippen LogP contribution in [-0.2, 0) is 14.8 Å². The van der Waals surface area contributed by atoms with Crippen molar-refractivity contribution in [2.24, 2.45) is 5.92 Å². The van der Waals surface area contributed by atoms with Crippen molar-refractivity contribution < 1.29 is 13.2 Å². The molecule has 2 rings (SSSR count). The largest absolute Gasteiger partial charge is 0.381 e. The Morgan fingerprint density at radius 2 is 2.11 bits per heavy atom. The van der Waals surface area contributed by atoms with Crippen LogP contribution in [0.15, 0.2) is 29.2 Å². The number of hydrogen-bond donors (Lipinski definition) is 0. The van der Waals surface area contributed by atoms with Crippen molar-refractivity contribution in [1.29, 1.82) is 0 Å². The molecule has 19 heavy (non-hydrogen) atoms. The summed E-state index contributed by atoms with van der Waals surface area (Å²) < 4.78 is 31.9. The topological polar surface area (TPSA) is 46.6 Å². The fourth-order valence-electron chi connectivity index (χ4n) is 2.43. The van der Waals surface area contributed by atoms with Crippen molar-refractivity contribution in [2.75, 3.05) is 26.8 Å². The molecule has 106 valence electrons. The summed E-state index contributed by atoms with van der Waals surface area (Å²) in [5.41, 5.74) is 0.786. The molecule has 0 saturated carbocycles. The van der Waals surface area contributed by atoms with Gasteiger partial charge in [-0.25, -0.2) is 12.7 Å². The molecule has 0 N–H and O–H groups in total. The third-order valence-corrected chi connectivity index (χ3v) is 5.54. The Balaban J connectivity index is 2.13. The first-order chi connectivity index (χ1) is 9.01. The van der Waals surface area contributed by atoms with Crippen molar-refractivity contribution in [2.45, 2.75) is 24.7 Å². The van der Waals surface area contributed by atoms with Gasteiger partial charge in [0.25, 0.3) is 0 Å². The maximum Gasteiger partial charge on any atom is 0.243 e. The molecule has 0 amide bonds.